The van der Waals surface area contributed by atoms with Gasteiger partial charge in [0.2, 0.25) is 0 Å². The van der Waals surface area contributed by atoms with E-state index in [0.717, 1.165) is 12.3 Å². The maximum absolute atomic E-state index is 6.22. The summed E-state index contributed by atoms with van der Waals surface area (Å²) in [6, 6.07) is 6.35. The third-order valence-corrected chi connectivity index (χ3v) is 4.18. The SMILES string of the molecule is COc1ccc(C(N(C)C)C2(CN)CC2)cc1Cl. The third-order valence-electron chi connectivity index (χ3n) is 3.89. The van der Waals surface area contributed by atoms with Gasteiger partial charge in [0, 0.05) is 11.5 Å². The van der Waals surface area contributed by atoms with Gasteiger partial charge in [-0.25, -0.2) is 0 Å². The molecule has 0 aromatic heterocycles. The molecule has 0 bridgehead atoms. The predicted octanol–water partition coefficient (Wildman–Crippen LogP) is 2.69. The van der Waals surface area contributed by atoms with Crippen molar-refractivity contribution >= 4 is 11.6 Å². The first kappa shape index (κ1) is 13.7. The van der Waals surface area contributed by atoms with Crippen LogP contribution in [0.25, 0.3) is 0 Å². The van der Waals surface area contributed by atoms with Gasteiger partial charge in [-0.05, 0) is 51.2 Å². The normalized spacial score (nSPS) is 18.8. The Balaban J connectivity index is 2.35. The van der Waals surface area contributed by atoms with Gasteiger partial charge in [-0.15, -0.1) is 0 Å². The summed E-state index contributed by atoms with van der Waals surface area (Å²) in [5, 5.41) is 0.662. The van der Waals surface area contributed by atoms with E-state index in [2.05, 4.69) is 25.1 Å². The minimum atomic E-state index is 0.224. The van der Waals surface area contributed by atoms with Gasteiger partial charge in [-0.3, -0.25) is 0 Å². The van der Waals surface area contributed by atoms with Crippen LogP contribution in [0.5, 0.6) is 5.75 Å². The molecule has 0 aliphatic heterocycles. The first-order valence-electron chi connectivity index (χ1n) is 6.24. The number of nitrogens with zero attached hydrogens (tertiary/aromatic N) is 1. The maximum Gasteiger partial charge on any atom is 0.137 e. The Labute approximate surface area is 114 Å². The van der Waals surface area contributed by atoms with Gasteiger partial charge in [-0.1, -0.05) is 17.7 Å². The molecule has 1 aromatic carbocycles. The van der Waals surface area contributed by atoms with Crippen molar-refractivity contribution in [2.24, 2.45) is 11.1 Å². The van der Waals surface area contributed by atoms with Crippen LogP contribution in [-0.2, 0) is 0 Å². The molecule has 4 heteroatoms. The van der Waals surface area contributed by atoms with Crippen LogP contribution in [0.15, 0.2) is 18.2 Å². The molecule has 1 saturated carbocycles. The standard InChI is InChI=1S/C14H21ClN2O/c1-17(2)13(14(9-16)6-7-14)10-4-5-12(18-3)11(15)8-10/h4-5,8,13H,6-7,9,16H2,1-3H3. The fourth-order valence-electron chi connectivity index (χ4n) is 2.80. The van der Waals surface area contributed by atoms with Gasteiger partial charge in [0.15, 0.2) is 0 Å². The Kier molecular flexibility index (Phi) is 3.85. The molecular weight excluding hydrogens is 248 g/mol. The highest BCUT2D eigenvalue weighted by Crippen LogP contribution is 2.56. The Bertz CT molecular complexity index is 430. The first-order valence-corrected chi connectivity index (χ1v) is 6.62. The lowest BCUT2D eigenvalue weighted by molar-refractivity contribution is 0.198. The molecule has 0 saturated heterocycles. The molecule has 3 nitrogen and oxygen atoms in total. The average Bonchev–Trinajstić information content (AvgIpc) is 3.10. The second-order valence-electron chi connectivity index (χ2n) is 5.33. The molecule has 18 heavy (non-hydrogen) atoms. The lowest BCUT2D eigenvalue weighted by atomic mass is 9.89. The summed E-state index contributed by atoms with van der Waals surface area (Å²) in [5.74, 6) is 0.718. The van der Waals surface area contributed by atoms with Crippen LogP contribution in [0.3, 0.4) is 0 Å². The van der Waals surface area contributed by atoms with E-state index in [9.17, 15) is 0 Å². The lowest BCUT2D eigenvalue weighted by Crippen LogP contribution is -2.33. The number of methoxy groups -OCH3 is 1. The van der Waals surface area contributed by atoms with E-state index in [1.165, 1.54) is 18.4 Å². The molecule has 0 spiro atoms. The van der Waals surface area contributed by atoms with Gasteiger partial charge in [0.1, 0.15) is 5.75 Å². The van der Waals surface area contributed by atoms with E-state index in [4.69, 9.17) is 22.1 Å². The number of nitrogens with two attached hydrogens (primary N) is 1. The smallest absolute Gasteiger partial charge is 0.137 e. The summed E-state index contributed by atoms with van der Waals surface area (Å²) < 4.78 is 5.20. The zero-order chi connectivity index (χ0) is 13.3. The Hall–Kier alpha value is -0.770. The van der Waals surface area contributed by atoms with E-state index in [-0.39, 0.29) is 5.41 Å². The maximum atomic E-state index is 6.22. The fourth-order valence-corrected chi connectivity index (χ4v) is 3.07. The molecule has 1 atom stereocenters. The molecule has 1 aliphatic carbocycles. The van der Waals surface area contributed by atoms with Gasteiger partial charge in [0.25, 0.3) is 0 Å². The summed E-state index contributed by atoms with van der Waals surface area (Å²) in [7, 11) is 5.82. The number of hydrogen-bond acceptors (Lipinski definition) is 3. The van der Waals surface area contributed by atoms with Gasteiger partial charge >= 0.3 is 0 Å². The zero-order valence-corrected chi connectivity index (χ0v) is 12.0. The lowest BCUT2D eigenvalue weighted by Gasteiger charge is -2.32. The van der Waals surface area contributed by atoms with Crippen LogP contribution in [-0.4, -0.2) is 32.6 Å². The highest BCUT2D eigenvalue weighted by molar-refractivity contribution is 6.32. The van der Waals surface area contributed by atoms with E-state index in [0.29, 0.717) is 11.1 Å². The second kappa shape index (κ2) is 5.08. The molecule has 2 rings (SSSR count). The Morgan fingerprint density at radius 2 is 2.11 bits per heavy atom. The van der Waals surface area contributed by atoms with Crippen molar-refractivity contribution in [3.8, 4) is 5.75 Å². The second-order valence-corrected chi connectivity index (χ2v) is 5.73. The molecule has 1 fully saturated rings. The summed E-state index contributed by atoms with van der Waals surface area (Å²) >= 11 is 6.22. The minimum Gasteiger partial charge on any atom is -0.495 e. The van der Waals surface area contributed by atoms with Crippen molar-refractivity contribution in [2.45, 2.75) is 18.9 Å². The van der Waals surface area contributed by atoms with E-state index >= 15 is 0 Å². The van der Waals surface area contributed by atoms with E-state index in [1.54, 1.807) is 7.11 Å². The Morgan fingerprint density at radius 1 is 1.44 bits per heavy atom. The molecule has 100 valence electrons. The molecule has 1 aromatic rings. The summed E-state index contributed by atoms with van der Waals surface area (Å²) in [6.07, 6.45) is 2.38. The fraction of sp³-hybridized carbons (Fsp3) is 0.571. The summed E-state index contributed by atoms with van der Waals surface area (Å²) in [6.45, 7) is 0.722. The van der Waals surface area contributed by atoms with Crippen molar-refractivity contribution in [2.75, 3.05) is 27.7 Å². The first-order chi connectivity index (χ1) is 8.54. The summed E-state index contributed by atoms with van der Waals surface area (Å²) in [4.78, 5) is 2.23. The van der Waals surface area contributed by atoms with Crippen molar-refractivity contribution in [1.82, 2.24) is 4.90 Å². The van der Waals surface area contributed by atoms with Gasteiger partial charge in [-0.2, -0.15) is 0 Å². The molecule has 1 aliphatic rings. The molecule has 1 unspecified atom stereocenters. The number of ether oxygens (including phenoxy) is 1. The third kappa shape index (κ3) is 2.35. The topological polar surface area (TPSA) is 38.5 Å². The number of benzene rings is 1. The quantitative estimate of drug-likeness (QED) is 0.892. The van der Waals surface area contributed by atoms with Gasteiger partial charge < -0.3 is 15.4 Å². The Morgan fingerprint density at radius 3 is 2.50 bits per heavy atom. The van der Waals surface area contributed by atoms with Crippen molar-refractivity contribution in [3.63, 3.8) is 0 Å². The zero-order valence-electron chi connectivity index (χ0n) is 11.2. The number of hydrogen-bond donors (Lipinski definition) is 1. The molecule has 0 radical (unpaired) electrons. The molecule has 2 N–H and O–H groups in total. The van der Waals surface area contributed by atoms with E-state index in [1.807, 2.05) is 12.1 Å². The molecule has 0 amide bonds. The van der Waals surface area contributed by atoms with Crippen LogP contribution in [0.1, 0.15) is 24.4 Å². The highest BCUT2D eigenvalue weighted by atomic mass is 35.5. The summed E-state index contributed by atoms with van der Waals surface area (Å²) in [5.41, 5.74) is 7.39. The predicted molar refractivity (Wildman–Crippen MR) is 75.2 cm³/mol. The van der Waals surface area contributed by atoms with Crippen molar-refractivity contribution in [3.05, 3.63) is 28.8 Å². The number of halogens is 1. The molecule has 0 heterocycles. The van der Waals surface area contributed by atoms with Crippen molar-refractivity contribution in [1.29, 1.82) is 0 Å². The number of rotatable bonds is 5. The van der Waals surface area contributed by atoms with Crippen LogP contribution in [0.2, 0.25) is 5.02 Å². The van der Waals surface area contributed by atoms with Crippen LogP contribution in [0.4, 0.5) is 0 Å². The van der Waals surface area contributed by atoms with Gasteiger partial charge in [0.05, 0.1) is 12.1 Å². The molecular formula is C14H21ClN2O. The minimum absolute atomic E-state index is 0.224. The van der Waals surface area contributed by atoms with Crippen molar-refractivity contribution < 1.29 is 4.74 Å². The van der Waals surface area contributed by atoms with Crippen LogP contribution in [0, 0.1) is 5.41 Å². The van der Waals surface area contributed by atoms with Crippen LogP contribution >= 0.6 is 11.6 Å². The largest absolute Gasteiger partial charge is 0.495 e. The van der Waals surface area contributed by atoms with Crippen LogP contribution < -0.4 is 10.5 Å². The van der Waals surface area contributed by atoms with E-state index < -0.39 is 0 Å². The average molecular weight is 269 g/mol. The highest BCUT2D eigenvalue weighted by Gasteiger charge is 2.49. The monoisotopic (exact) mass is 268 g/mol.